The Labute approximate surface area is 292 Å². The number of ether oxygens (including phenoxy) is 3. The van der Waals surface area contributed by atoms with E-state index in [2.05, 4.69) is 6.08 Å². The first kappa shape index (κ1) is 36.1. The fraction of sp³-hybridized carbons (Fsp3) is 0.553. The number of ketones is 2. The van der Waals surface area contributed by atoms with Gasteiger partial charge < -0.3 is 24.4 Å². The van der Waals surface area contributed by atoms with E-state index in [1.54, 1.807) is 19.9 Å². The molecule has 11 nitrogen and oxygen atoms in total. The minimum absolute atomic E-state index is 0.0428. The summed E-state index contributed by atoms with van der Waals surface area (Å²) in [7, 11) is -5.04. The summed E-state index contributed by atoms with van der Waals surface area (Å²) in [6.45, 7) is 14.6. The second-order valence-corrected chi connectivity index (χ2v) is 17.3. The Morgan fingerprint density at radius 3 is 2.26 bits per heavy atom. The number of aliphatic carboxylic acids is 1. The summed E-state index contributed by atoms with van der Waals surface area (Å²) in [6.07, 6.45) is 10.0. The van der Waals surface area contributed by atoms with E-state index >= 15 is 4.79 Å². The van der Waals surface area contributed by atoms with Crippen molar-refractivity contribution < 1.29 is 51.8 Å². The lowest BCUT2D eigenvalue weighted by molar-refractivity contribution is -0.199. The lowest BCUT2D eigenvalue weighted by Crippen LogP contribution is -2.81. The molecule has 3 saturated carbocycles. The molecule has 1 aromatic rings. The first-order valence-corrected chi connectivity index (χ1v) is 18.5. The second-order valence-electron chi connectivity index (χ2n) is 15.7. The molecule has 7 rings (SSSR count). The first-order valence-electron chi connectivity index (χ1n) is 17.0. The molecule has 3 aliphatic heterocycles. The maximum absolute atomic E-state index is 15.1. The van der Waals surface area contributed by atoms with E-state index in [0.29, 0.717) is 17.7 Å². The lowest BCUT2D eigenvalue weighted by atomic mass is 9.46. The van der Waals surface area contributed by atoms with Crippen molar-refractivity contribution in [2.45, 2.75) is 115 Å². The first-order chi connectivity index (χ1) is 23.1. The minimum atomic E-state index is -5.04. The highest BCUT2D eigenvalue weighted by atomic mass is 32.2. The van der Waals surface area contributed by atoms with E-state index < -0.39 is 78.8 Å². The average Bonchev–Trinajstić information content (AvgIpc) is 3.14. The number of carbonyl (C=O) groups excluding carboxylic acids is 2. The molecule has 1 saturated heterocycles. The number of carbonyl (C=O) groups is 3. The summed E-state index contributed by atoms with van der Waals surface area (Å²) in [5.41, 5.74) is -3.46. The van der Waals surface area contributed by atoms with Gasteiger partial charge in [0.25, 0.3) is 10.1 Å². The SMILES string of the molecule is CC(C)=CCC[C@]1(C)C=Cc2c(O)c3c(c(CC=C(C)C)c2O1)O[C@]12C(C3=O)[C@H](S(=O)(=O)O)[C@@H]3C[C@H]1C(C)(C)O[C@@]2(C/C=C(/C)C(=O)O)C3=O. The van der Waals surface area contributed by atoms with Crippen LogP contribution in [0, 0.1) is 17.8 Å². The zero-order valence-corrected chi connectivity index (χ0v) is 30.6. The summed E-state index contributed by atoms with van der Waals surface area (Å²) in [5.74, 6) is -6.64. The van der Waals surface area contributed by atoms with Crippen molar-refractivity contribution in [3.63, 3.8) is 0 Å². The molecule has 12 heteroatoms. The quantitative estimate of drug-likeness (QED) is 0.152. The van der Waals surface area contributed by atoms with Crippen LogP contribution in [0.25, 0.3) is 6.08 Å². The van der Waals surface area contributed by atoms with Gasteiger partial charge in [-0.25, -0.2) is 4.79 Å². The Balaban J connectivity index is 1.65. The van der Waals surface area contributed by atoms with Gasteiger partial charge in [0.2, 0.25) is 0 Å². The van der Waals surface area contributed by atoms with Gasteiger partial charge in [0.15, 0.2) is 22.8 Å². The van der Waals surface area contributed by atoms with Gasteiger partial charge in [-0.1, -0.05) is 29.4 Å². The molecule has 4 bridgehead atoms. The third kappa shape index (κ3) is 5.11. The molecule has 1 unspecified atom stereocenters. The molecular weight excluding hydrogens is 664 g/mol. The number of Topliss-reactive ketones (excluding diaryl/α,β-unsaturated/α-hetero) is 2. The van der Waals surface area contributed by atoms with Gasteiger partial charge in [-0.3, -0.25) is 14.1 Å². The molecule has 1 aromatic carbocycles. The zero-order valence-electron chi connectivity index (χ0n) is 29.7. The fourth-order valence-electron chi connectivity index (χ4n) is 9.12. The highest BCUT2D eigenvalue weighted by molar-refractivity contribution is 7.86. The summed E-state index contributed by atoms with van der Waals surface area (Å²) in [5, 5.41) is 19.7. The number of fused-ring (bicyclic) bond motifs is 2. The van der Waals surface area contributed by atoms with E-state index in [-0.39, 0.29) is 41.7 Å². The van der Waals surface area contributed by atoms with Gasteiger partial charge in [0, 0.05) is 29.4 Å². The molecule has 0 aromatic heterocycles. The Kier molecular flexibility index (Phi) is 8.40. The van der Waals surface area contributed by atoms with Crippen LogP contribution in [0.4, 0.5) is 0 Å². The number of phenols is 1. The third-order valence-corrected chi connectivity index (χ3v) is 12.7. The summed E-state index contributed by atoms with van der Waals surface area (Å²) < 4.78 is 57.5. The van der Waals surface area contributed by atoms with Gasteiger partial charge in [-0.15, -0.1) is 0 Å². The molecule has 4 fully saturated rings. The highest BCUT2D eigenvalue weighted by Crippen LogP contribution is 2.71. The number of hydrogen-bond donors (Lipinski definition) is 3. The fourth-order valence-corrected chi connectivity index (χ4v) is 10.4. The molecule has 50 heavy (non-hydrogen) atoms. The lowest BCUT2D eigenvalue weighted by Gasteiger charge is -2.62. The molecule has 1 spiro atoms. The summed E-state index contributed by atoms with van der Waals surface area (Å²) >= 11 is 0. The zero-order chi connectivity index (χ0) is 36.9. The van der Waals surface area contributed by atoms with Crippen LogP contribution in [0.1, 0.15) is 103 Å². The van der Waals surface area contributed by atoms with Gasteiger partial charge in [0.05, 0.1) is 17.1 Å². The average molecular weight is 711 g/mol. The molecule has 6 aliphatic rings. The third-order valence-electron chi connectivity index (χ3n) is 11.4. The van der Waals surface area contributed by atoms with Crippen molar-refractivity contribution in [1.29, 1.82) is 0 Å². The number of allylic oxidation sites excluding steroid dienone is 4. The van der Waals surface area contributed by atoms with Crippen LogP contribution in [0.5, 0.6) is 17.2 Å². The van der Waals surface area contributed by atoms with E-state index in [1.165, 1.54) is 13.0 Å². The van der Waals surface area contributed by atoms with Gasteiger partial charge >= 0.3 is 5.97 Å². The van der Waals surface area contributed by atoms with Crippen molar-refractivity contribution >= 4 is 33.7 Å². The van der Waals surface area contributed by atoms with Crippen LogP contribution >= 0.6 is 0 Å². The standard InChI is InChI=1S/C38H46O11S/c1-19(2)10-9-15-36(8)16-14-22-28(39)26-29(40)27-32(50(44,45)46)24-18-25-35(6,7)49-37(33(24)41,17-13-21(5)34(42)43)38(25,27)48-31(26)23(30(22)47-36)12-11-20(3)4/h10-11,13-14,16,24-25,27,32,39H,9,12,15,17-18H2,1-8H3,(H,42,43)(H,44,45,46)/b21-13-/t24-,25-,27?,32+,36+,37-,38-/m0/s1. The monoisotopic (exact) mass is 710 g/mol. The van der Waals surface area contributed by atoms with Crippen molar-refractivity contribution in [1.82, 2.24) is 0 Å². The molecule has 3 N–H and O–H groups in total. The normalized spacial score (nSPS) is 33.1. The molecular formula is C38H46O11S. The van der Waals surface area contributed by atoms with Crippen LogP contribution < -0.4 is 9.47 Å². The number of hydrogen-bond acceptors (Lipinski definition) is 9. The number of carboxylic acids is 1. The Morgan fingerprint density at radius 2 is 1.66 bits per heavy atom. The molecule has 270 valence electrons. The van der Waals surface area contributed by atoms with Gasteiger partial charge in [-0.2, -0.15) is 8.42 Å². The number of benzene rings is 1. The number of aromatic hydroxyl groups is 1. The summed E-state index contributed by atoms with van der Waals surface area (Å²) in [4.78, 5) is 41.6. The van der Waals surface area contributed by atoms with Crippen molar-refractivity contribution in [2.75, 3.05) is 0 Å². The topological polar surface area (TPSA) is 174 Å². The molecule has 7 atom stereocenters. The predicted octanol–water partition coefficient (Wildman–Crippen LogP) is 6.19. The number of phenolic OH excluding ortho intramolecular Hbond substituents is 1. The van der Waals surface area contributed by atoms with Crippen LogP contribution in [-0.2, 0) is 30.9 Å². The van der Waals surface area contributed by atoms with E-state index in [9.17, 15) is 32.8 Å². The molecule has 0 amide bonds. The number of rotatable bonds is 9. The minimum Gasteiger partial charge on any atom is -0.506 e. The van der Waals surface area contributed by atoms with Gasteiger partial charge in [0.1, 0.15) is 33.7 Å². The van der Waals surface area contributed by atoms with Crippen LogP contribution in [0.15, 0.2) is 41.0 Å². The Morgan fingerprint density at radius 1 is 1.00 bits per heavy atom. The smallest absolute Gasteiger partial charge is 0.330 e. The molecule has 3 aliphatic carbocycles. The predicted molar refractivity (Wildman–Crippen MR) is 185 cm³/mol. The highest BCUT2D eigenvalue weighted by Gasteiger charge is 2.86. The maximum atomic E-state index is 15.1. The van der Waals surface area contributed by atoms with Crippen molar-refractivity contribution in [2.24, 2.45) is 17.8 Å². The Bertz CT molecular complexity index is 1940. The van der Waals surface area contributed by atoms with Crippen LogP contribution in [0.3, 0.4) is 0 Å². The van der Waals surface area contributed by atoms with E-state index in [1.807, 2.05) is 46.8 Å². The molecule has 3 heterocycles. The van der Waals surface area contributed by atoms with Gasteiger partial charge in [-0.05, 0) is 93.2 Å². The second kappa shape index (κ2) is 11.6. The largest absolute Gasteiger partial charge is 0.506 e. The van der Waals surface area contributed by atoms with Crippen molar-refractivity contribution in [3.05, 3.63) is 57.7 Å². The summed E-state index contributed by atoms with van der Waals surface area (Å²) in [6, 6.07) is 0. The number of carboxylic acid groups (broad SMARTS) is 1. The van der Waals surface area contributed by atoms with Crippen molar-refractivity contribution in [3.8, 4) is 17.2 Å². The van der Waals surface area contributed by atoms with Crippen LogP contribution in [-0.4, -0.2) is 68.4 Å². The Hall–Kier alpha value is -3.74. The van der Waals surface area contributed by atoms with Crippen LogP contribution in [0.2, 0.25) is 0 Å². The maximum Gasteiger partial charge on any atom is 0.330 e. The van der Waals surface area contributed by atoms with E-state index in [0.717, 1.165) is 17.6 Å². The van der Waals surface area contributed by atoms with E-state index in [4.69, 9.17) is 14.2 Å². The molecule has 0 radical (unpaired) electrons.